The molecule has 5 heteroatoms. The highest BCUT2D eigenvalue weighted by atomic mass is 79.9. The van der Waals surface area contributed by atoms with Crippen molar-refractivity contribution in [2.24, 2.45) is 0 Å². The number of hydrogen-bond donors (Lipinski definition) is 1. The summed E-state index contributed by atoms with van der Waals surface area (Å²) in [5, 5.41) is 3.22. The summed E-state index contributed by atoms with van der Waals surface area (Å²) in [7, 11) is 0. The van der Waals surface area contributed by atoms with Crippen LogP contribution in [0.1, 0.15) is 11.3 Å². The molecule has 2 aromatic heterocycles. The summed E-state index contributed by atoms with van der Waals surface area (Å²) < 4.78 is 1.01. The van der Waals surface area contributed by atoms with Crippen molar-refractivity contribution in [3.8, 4) is 0 Å². The number of anilines is 1. The Morgan fingerprint density at radius 1 is 1.25 bits per heavy atom. The van der Waals surface area contributed by atoms with Crippen LogP contribution in [0.5, 0.6) is 0 Å². The average Bonchev–Trinajstić information content (AvgIpc) is 2.32. The third-order valence-corrected chi connectivity index (χ3v) is 2.95. The first-order valence-electron chi connectivity index (χ1n) is 4.86. The molecule has 0 saturated carbocycles. The van der Waals surface area contributed by atoms with Crippen molar-refractivity contribution < 1.29 is 0 Å². The second kappa shape index (κ2) is 5.03. The van der Waals surface area contributed by atoms with E-state index in [2.05, 4.69) is 36.2 Å². The molecule has 0 amide bonds. The fourth-order valence-electron chi connectivity index (χ4n) is 1.26. The van der Waals surface area contributed by atoms with Gasteiger partial charge in [-0.1, -0.05) is 0 Å². The van der Waals surface area contributed by atoms with E-state index in [0.29, 0.717) is 6.54 Å². The van der Waals surface area contributed by atoms with Gasteiger partial charge in [0.2, 0.25) is 0 Å². The van der Waals surface area contributed by atoms with E-state index in [-0.39, 0.29) is 0 Å². The molecule has 0 unspecified atom stereocenters. The molecule has 0 fully saturated rings. The largest absolute Gasteiger partial charge is 0.366 e. The Kier molecular flexibility index (Phi) is 3.46. The molecule has 2 rings (SSSR count). The van der Waals surface area contributed by atoms with Crippen LogP contribution in [0.2, 0.25) is 0 Å². The normalized spacial score (nSPS) is 10.1. The lowest BCUT2D eigenvalue weighted by atomic mass is 10.3. The van der Waals surface area contributed by atoms with Gasteiger partial charge in [-0.25, -0.2) is 15.0 Å². The Balaban J connectivity index is 2.03. The van der Waals surface area contributed by atoms with Gasteiger partial charge < -0.3 is 5.32 Å². The van der Waals surface area contributed by atoms with Crippen LogP contribution < -0.4 is 5.32 Å². The van der Waals surface area contributed by atoms with E-state index in [1.807, 2.05) is 19.1 Å². The van der Waals surface area contributed by atoms with Crippen LogP contribution in [0, 0.1) is 6.92 Å². The molecule has 0 aliphatic heterocycles. The van der Waals surface area contributed by atoms with Crippen molar-refractivity contribution in [3.63, 3.8) is 0 Å². The molecule has 0 aliphatic carbocycles. The monoisotopic (exact) mass is 278 g/mol. The van der Waals surface area contributed by atoms with E-state index in [0.717, 1.165) is 21.5 Å². The van der Waals surface area contributed by atoms with Gasteiger partial charge in [0.1, 0.15) is 12.1 Å². The molecular formula is C11H11BrN4. The van der Waals surface area contributed by atoms with Gasteiger partial charge >= 0.3 is 0 Å². The van der Waals surface area contributed by atoms with E-state index in [1.165, 1.54) is 6.33 Å². The van der Waals surface area contributed by atoms with Crippen LogP contribution in [0.4, 0.5) is 5.82 Å². The van der Waals surface area contributed by atoms with Crippen molar-refractivity contribution in [1.29, 1.82) is 0 Å². The fraction of sp³-hybridized carbons (Fsp3) is 0.182. The summed E-state index contributed by atoms with van der Waals surface area (Å²) in [6.45, 7) is 2.63. The molecule has 0 atom stereocenters. The molecule has 0 bridgehead atoms. The van der Waals surface area contributed by atoms with Crippen LogP contribution in [0.15, 0.2) is 35.3 Å². The quantitative estimate of drug-likeness (QED) is 0.938. The van der Waals surface area contributed by atoms with Crippen LogP contribution in [0.3, 0.4) is 0 Å². The van der Waals surface area contributed by atoms with E-state index in [9.17, 15) is 0 Å². The highest BCUT2D eigenvalue weighted by Gasteiger charge is 1.99. The molecule has 0 radical (unpaired) electrons. The van der Waals surface area contributed by atoms with Crippen LogP contribution in [-0.2, 0) is 6.54 Å². The number of aryl methyl sites for hydroxylation is 1. The highest BCUT2D eigenvalue weighted by Crippen LogP contribution is 2.16. The summed E-state index contributed by atoms with van der Waals surface area (Å²) in [6, 6.07) is 3.91. The van der Waals surface area contributed by atoms with Crippen LogP contribution >= 0.6 is 15.9 Å². The molecule has 0 aromatic carbocycles. The number of halogens is 1. The number of pyridine rings is 1. The number of hydrogen-bond acceptors (Lipinski definition) is 4. The van der Waals surface area contributed by atoms with Gasteiger partial charge in [0.15, 0.2) is 0 Å². The maximum absolute atomic E-state index is 4.39. The van der Waals surface area contributed by atoms with Crippen molar-refractivity contribution in [3.05, 3.63) is 46.6 Å². The lowest BCUT2D eigenvalue weighted by molar-refractivity contribution is 1.03. The number of rotatable bonds is 3. The molecule has 0 saturated heterocycles. The second-order valence-electron chi connectivity index (χ2n) is 3.36. The topological polar surface area (TPSA) is 50.7 Å². The van der Waals surface area contributed by atoms with Crippen LogP contribution in [0.25, 0.3) is 0 Å². The first-order chi connectivity index (χ1) is 7.75. The molecule has 2 heterocycles. The van der Waals surface area contributed by atoms with Crippen molar-refractivity contribution in [1.82, 2.24) is 15.0 Å². The van der Waals surface area contributed by atoms with Crippen LogP contribution in [-0.4, -0.2) is 15.0 Å². The maximum atomic E-state index is 4.39. The second-order valence-corrected chi connectivity index (χ2v) is 4.22. The average molecular weight is 279 g/mol. The minimum atomic E-state index is 0.676. The number of nitrogens with zero attached hydrogens (tertiary/aromatic N) is 3. The number of nitrogens with one attached hydrogen (secondary N) is 1. The van der Waals surface area contributed by atoms with E-state index >= 15 is 0 Å². The van der Waals surface area contributed by atoms with Crippen molar-refractivity contribution >= 4 is 21.7 Å². The summed E-state index contributed by atoms with van der Waals surface area (Å²) >= 11 is 3.42. The molecular weight excluding hydrogens is 268 g/mol. The zero-order valence-corrected chi connectivity index (χ0v) is 10.4. The Labute approximate surface area is 102 Å². The van der Waals surface area contributed by atoms with E-state index in [4.69, 9.17) is 0 Å². The lowest BCUT2D eigenvalue weighted by Gasteiger charge is -2.06. The predicted octanol–water partition coefficient (Wildman–Crippen LogP) is 2.55. The SMILES string of the molecule is Cc1nc(NCc2cncnc2)ccc1Br. The maximum Gasteiger partial charge on any atom is 0.126 e. The van der Waals surface area contributed by atoms with Gasteiger partial charge in [-0.15, -0.1) is 0 Å². The summed E-state index contributed by atoms with van der Waals surface area (Å²) in [6.07, 6.45) is 5.09. The highest BCUT2D eigenvalue weighted by molar-refractivity contribution is 9.10. The van der Waals surface area contributed by atoms with E-state index < -0.39 is 0 Å². The van der Waals surface area contributed by atoms with Crippen molar-refractivity contribution in [2.75, 3.05) is 5.32 Å². The Hall–Kier alpha value is -1.49. The van der Waals surface area contributed by atoms with Gasteiger partial charge in [0.25, 0.3) is 0 Å². The van der Waals surface area contributed by atoms with E-state index in [1.54, 1.807) is 12.4 Å². The summed E-state index contributed by atoms with van der Waals surface area (Å²) in [5.41, 5.74) is 2.00. The third-order valence-electron chi connectivity index (χ3n) is 2.11. The van der Waals surface area contributed by atoms with Crippen molar-refractivity contribution in [2.45, 2.75) is 13.5 Å². The molecule has 0 aliphatic rings. The number of aromatic nitrogens is 3. The van der Waals surface area contributed by atoms with Gasteiger partial charge in [-0.3, -0.25) is 0 Å². The van der Waals surface area contributed by atoms with Gasteiger partial charge in [-0.05, 0) is 35.0 Å². The minimum absolute atomic E-state index is 0.676. The lowest BCUT2D eigenvalue weighted by Crippen LogP contribution is -2.02. The summed E-state index contributed by atoms with van der Waals surface area (Å²) in [5.74, 6) is 0.851. The smallest absolute Gasteiger partial charge is 0.126 e. The first kappa shape index (κ1) is 11.0. The third kappa shape index (κ3) is 2.76. The van der Waals surface area contributed by atoms with Gasteiger partial charge in [-0.2, -0.15) is 0 Å². The summed E-state index contributed by atoms with van der Waals surface area (Å²) in [4.78, 5) is 12.3. The van der Waals surface area contributed by atoms with Gasteiger partial charge in [0, 0.05) is 29.0 Å². The molecule has 2 aromatic rings. The standard InChI is InChI=1S/C11H11BrN4/c1-8-10(12)2-3-11(16-8)15-6-9-4-13-7-14-5-9/h2-5,7H,6H2,1H3,(H,15,16). The molecule has 4 nitrogen and oxygen atoms in total. The van der Waals surface area contributed by atoms with Gasteiger partial charge in [0.05, 0.1) is 5.69 Å². The Morgan fingerprint density at radius 3 is 2.69 bits per heavy atom. The molecule has 82 valence electrons. The Bertz CT molecular complexity index is 473. The molecule has 0 spiro atoms. The first-order valence-corrected chi connectivity index (χ1v) is 5.66. The molecule has 1 N–H and O–H groups in total. The molecule has 16 heavy (non-hydrogen) atoms. The zero-order chi connectivity index (χ0) is 11.4. The fourth-order valence-corrected chi connectivity index (χ4v) is 1.48. The minimum Gasteiger partial charge on any atom is -0.366 e. The Morgan fingerprint density at radius 2 is 2.00 bits per heavy atom. The zero-order valence-electron chi connectivity index (χ0n) is 8.81. The predicted molar refractivity (Wildman–Crippen MR) is 66.0 cm³/mol.